The molecule has 0 fully saturated rings. The third-order valence-corrected chi connectivity index (χ3v) is 0.707. The average molecular weight is 156 g/mol. The first-order valence-electron chi connectivity index (χ1n) is 3.83. The Balaban J connectivity index is -0.0000000800. The summed E-state index contributed by atoms with van der Waals surface area (Å²) < 4.78 is 0. The first-order chi connectivity index (χ1) is 3.83. The average Bonchev–Trinajstić information content (AvgIpc) is 1.71. The molecule has 0 radical (unpaired) electrons. The summed E-state index contributed by atoms with van der Waals surface area (Å²) in [6, 6.07) is 0. The Hall–Kier alpha value is 1.22. The second kappa shape index (κ2) is 22.9. The molecule has 9 heavy (non-hydrogen) atoms. The molecule has 0 amide bonds. The number of hydrogen-bond donors (Lipinski definition) is 0. The van der Waals surface area contributed by atoms with Crippen molar-refractivity contribution in [1.29, 1.82) is 0 Å². The van der Waals surface area contributed by atoms with Crippen molar-refractivity contribution in [2.45, 2.75) is 46.2 Å². The summed E-state index contributed by atoms with van der Waals surface area (Å²) in [4.78, 5) is 0. The number of unbranched alkanes of at least 4 members (excludes halogenated alkanes) is 2. The summed E-state index contributed by atoms with van der Waals surface area (Å²) in [5, 5.41) is 0. The van der Waals surface area contributed by atoms with Crippen LogP contribution in [0.15, 0.2) is 0 Å². The standard InChI is InChI=1S/C5H12.C2H8Si.Na.H/c1-3-5-4-2;1-3-2;;/h3-5H2,1-2H3;3H2,1-2H3;;. The maximum absolute atomic E-state index is 2.26. The van der Waals surface area contributed by atoms with Gasteiger partial charge in [-0.15, -0.1) is 0 Å². The van der Waals surface area contributed by atoms with Crippen molar-refractivity contribution in [3.63, 3.8) is 0 Å². The minimum absolute atomic E-state index is 0. The molecule has 0 aromatic rings. The molecule has 0 saturated heterocycles. The predicted molar refractivity (Wildman–Crippen MR) is 52.6 cm³/mol. The first kappa shape index (κ1) is 16.7. The van der Waals surface area contributed by atoms with E-state index in [2.05, 4.69) is 26.9 Å². The topological polar surface area (TPSA) is 0 Å². The van der Waals surface area contributed by atoms with Crippen molar-refractivity contribution in [2.24, 2.45) is 0 Å². The van der Waals surface area contributed by atoms with Crippen molar-refractivity contribution in [2.75, 3.05) is 0 Å². The van der Waals surface area contributed by atoms with E-state index >= 15 is 0 Å². The van der Waals surface area contributed by atoms with Crippen LogP contribution in [0.5, 0.6) is 0 Å². The quantitative estimate of drug-likeness (QED) is 0.535. The SMILES string of the molecule is CCCCC.C[SiH2]C.[NaH]. The Morgan fingerprint density at radius 2 is 1.22 bits per heavy atom. The monoisotopic (exact) mass is 156 g/mol. The van der Waals surface area contributed by atoms with E-state index in [0.29, 0.717) is 9.52 Å². The summed E-state index contributed by atoms with van der Waals surface area (Å²) in [5.41, 5.74) is 0. The van der Waals surface area contributed by atoms with E-state index in [-0.39, 0.29) is 29.6 Å². The Labute approximate surface area is 84.9 Å². The van der Waals surface area contributed by atoms with Crippen molar-refractivity contribution in [3.05, 3.63) is 0 Å². The molecule has 0 aliphatic carbocycles. The third-order valence-electron chi connectivity index (χ3n) is 0.707. The molecule has 0 nitrogen and oxygen atoms in total. The van der Waals surface area contributed by atoms with E-state index < -0.39 is 0 Å². The molecule has 0 heterocycles. The molecule has 0 bridgehead atoms. The summed E-state index contributed by atoms with van der Waals surface area (Å²) in [7, 11) is 0.417. The van der Waals surface area contributed by atoms with Gasteiger partial charge < -0.3 is 0 Å². The van der Waals surface area contributed by atoms with Crippen LogP contribution in [0, 0.1) is 0 Å². The van der Waals surface area contributed by atoms with Crippen LogP contribution in [-0.2, 0) is 0 Å². The Kier molecular flexibility index (Phi) is 42.3. The number of rotatable bonds is 2. The molecule has 54 valence electrons. The van der Waals surface area contributed by atoms with Crippen LogP contribution in [0.3, 0.4) is 0 Å². The molecule has 0 aromatic carbocycles. The van der Waals surface area contributed by atoms with Crippen LogP contribution in [0.1, 0.15) is 33.1 Å². The van der Waals surface area contributed by atoms with Gasteiger partial charge in [0.1, 0.15) is 0 Å². The van der Waals surface area contributed by atoms with Crippen molar-refractivity contribution >= 4 is 39.1 Å². The molecule has 0 rings (SSSR count). The van der Waals surface area contributed by atoms with Crippen LogP contribution in [0.2, 0.25) is 13.1 Å². The van der Waals surface area contributed by atoms with E-state index in [1.165, 1.54) is 19.3 Å². The molecular weight excluding hydrogens is 135 g/mol. The molecule has 0 aromatic heterocycles. The summed E-state index contributed by atoms with van der Waals surface area (Å²) >= 11 is 0. The van der Waals surface area contributed by atoms with Crippen molar-refractivity contribution in [3.8, 4) is 0 Å². The van der Waals surface area contributed by atoms with Gasteiger partial charge in [-0.2, -0.15) is 0 Å². The zero-order valence-electron chi connectivity index (χ0n) is 6.83. The molecule has 0 spiro atoms. The van der Waals surface area contributed by atoms with Crippen LogP contribution < -0.4 is 0 Å². The third kappa shape index (κ3) is 46.4. The Morgan fingerprint density at radius 1 is 1.00 bits per heavy atom. The zero-order chi connectivity index (χ0) is 6.83. The maximum atomic E-state index is 2.26. The van der Waals surface area contributed by atoms with Crippen molar-refractivity contribution < 1.29 is 0 Å². The fourth-order valence-electron chi connectivity index (χ4n) is 0.354. The second-order valence-corrected chi connectivity index (χ2v) is 3.47. The second-order valence-electron chi connectivity index (χ2n) is 2.06. The van der Waals surface area contributed by atoms with E-state index in [9.17, 15) is 0 Å². The fourth-order valence-corrected chi connectivity index (χ4v) is 0.354. The molecule has 2 heteroatoms. The molecular formula is C7H21NaSi. The van der Waals surface area contributed by atoms with Crippen molar-refractivity contribution in [1.82, 2.24) is 0 Å². The molecule has 0 N–H and O–H groups in total. The van der Waals surface area contributed by atoms with Gasteiger partial charge in [0, 0.05) is 9.52 Å². The minimum atomic E-state index is 0. The summed E-state index contributed by atoms with van der Waals surface area (Å²) in [6.07, 6.45) is 4.08. The van der Waals surface area contributed by atoms with Gasteiger partial charge in [0.2, 0.25) is 0 Å². The van der Waals surface area contributed by atoms with E-state index in [4.69, 9.17) is 0 Å². The summed E-state index contributed by atoms with van der Waals surface area (Å²) in [6.45, 7) is 8.95. The first-order valence-corrected chi connectivity index (χ1v) is 6.66. The zero-order valence-corrected chi connectivity index (χ0v) is 8.24. The van der Waals surface area contributed by atoms with Gasteiger partial charge in [-0.1, -0.05) is 46.2 Å². The van der Waals surface area contributed by atoms with Gasteiger partial charge in [0.15, 0.2) is 0 Å². The Morgan fingerprint density at radius 3 is 1.22 bits per heavy atom. The van der Waals surface area contributed by atoms with Crippen LogP contribution in [0.4, 0.5) is 0 Å². The fraction of sp³-hybridized carbons (Fsp3) is 1.00. The molecule has 0 aliphatic heterocycles. The van der Waals surface area contributed by atoms with Gasteiger partial charge in [0.25, 0.3) is 0 Å². The van der Waals surface area contributed by atoms with Crippen LogP contribution in [0.25, 0.3) is 0 Å². The van der Waals surface area contributed by atoms with E-state index in [1.807, 2.05) is 0 Å². The predicted octanol–water partition coefficient (Wildman–Crippen LogP) is 1.80. The normalized spacial score (nSPS) is 6.67. The molecule has 0 aliphatic rings. The Bertz CT molecular complexity index is 22.9. The van der Waals surface area contributed by atoms with Gasteiger partial charge >= 0.3 is 29.6 Å². The molecule has 0 saturated carbocycles. The summed E-state index contributed by atoms with van der Waals surface area (Å²) in [5.74, 6) is 0. The van der Waals surface area contributed by atoms with Gasteiger partial charge in [-0.3, -0.25) is 0 Å². The molecule has 0 unspecified atom stereocenters. The van der Waals surface area contributed by atoms with E-state index in [1.54, 1.807) is 0 Å². The van der Waals surface area contributed by atoms with Crippen LogP contribution >= 0.6 is 0 Å². The van der Waals surface area contributed by atoms with Gasteiger partial charge in [-0.25, -0.2) is 0 Å². The van der Waals surface area contributed by atoms with Gasteiger partial charge in [0.05, 0.1) is 0 Å². The van der Waals surface area contributed by atoms with Crippen LogP contribution in [-0.4, -0.2) is 39.1 Å². The van der Waals surface area contributed by atoms with E-state index in [0.717, 1.165) is 0 Å². The number of hydrogen-bond acceptors (Lipinski definition) is 0. The van der Waals surface area contributed by atoms with Gasteiger partial charge in [-0.05, 0) is 0 Å². The molecule has 0 atom stereocenters.